The van der Waals surface area contributed by atoms with Gasteiger partial charge in [0.1, 0.15) is 0 Å². The maximum Gasteiger partial charge on any atom is 0.0426 e. The van der Waals surface area contributed by atoms with Crippen molar-refractivity contribution < 1.29 is 0 Å². The number of benzene rings is 1. The number of hydrogen-bond donors (Lipinski definition) is 1. The Kier molecular flexibility index (Phi) is 4.42. The van der Waals surface area contributed by atoms with Crippen molar-refractivity contribution in [2.45, 2.75) is 46.2 Å². The number of anilines is 1. The van der Waals surface area contributed by atoms with Crippen LogP contribution in [0, 0.1) is 5.41 Å². The Morgan fingerprint density at radius 3 is 2.58 bits per heavy atom. The van der Waals surface area contributed by atoms with Gasteiger partial charge in [0, 0.05) is 36.9 Å². The summed E-state index contributed by atoms with van der Waals surface area (Å²) in [5.74, 6) is 0. The molecule has 0 aromatic heterocycles. The third-order valence-electron chi connectivity index (χ3n) is 3.33. The van der Waals surface area contributed by atoms with Crippen LogP contribution in [0.3, 0.4) is 0 Å². The van der Waals surface area contributed by atoms with Crippen molar-refractivity contribution >= 4 is 17.3 Å². The molecule has 0 aliphatic heterocycles. The van der Waals surface area contributed by atoms with Crippen molar-refractivity contribution in [1.29, 1.82) is 0 Å². The first-order valence-corrected chi connectivity index (χ1v) is 7.46. The molecular formula is C16H25ClN2. The monoisotopic (exact) mass is 280 g/mol. The number of halogens is 1. The molecule has 1 N–H and O–H groups in total. The molecule has 1 aliphatic rings. The summed E-state index contributed by atoms with van der Waals surface area (Å²) in [6.45, 7) is 8.73. The lowest BCUT2D eigenvalue weighted by molar-refractivity contribution is 0.418. The third kappa shape index (κ3) is 4.70. The predicted octanol–water partition coefficient (Wildman–Crippen LogP) is 4.07. The van der Waals surface area contributed by atoms with Crippen molar-refractivity contribution in [3.63, 3.8) is 0 Å². The summed E-state index contributed by atoms with van der Waals surface area (Å²) >= 11 is 6.16. The van der Waals surface area contributed by atoms with E-state index in [9.17, 15) is 0 Å². The molecule has 1 aliphatic carbocycles. The smallest absolute Gasteiger partial charge is 0.0426 e. The van der Waals surface area contributed by atoms with Crippen molar-refractivity contribution in [3.05, 3.63) is 28.8 Å². The maximum absolute atomic E-state index is 6.16. The molecule has 2 rings (SSSR count). The van der Waals surface area contributed by atoms with E-state index >= 15 is 0 Å². The highest BCUT2D eigenvalue weighted by Crippen LogP contribution is 2.28. The van der Waals surface area contributed by atoms with Crippen molar-refractivity contribution in [1.82, 2.24) is 5.32 Å². The quantitative estimate of drug-likeness (QED) is 0.874. The molecule has 19 heavy (non-hydrogen) atoms. The molecule has 0 saturated heterocycles. The lowest BCUT2D eigenvalue weighted by Crippen LogP contribution is -2.30. The molecule has 1 aromatic carbocycles. The van der Waals surface area contributed by atoms with Gasteiger partial charge in [0.25, 0.3) is 0 Å². The summed E-state index contributed by atoms with van der Waals surface area (Å²) in [5.41, 5.74) is 2.86. The van der Waals surface area contributed by atoms with E-state index in [4.69, 9.17) is 11.6 Å². The highest BCUT2D eigenvalue weighted by atomic mass is 35.5. The van der Waals surface area contributed by atoms with Crippen LogP contribution < -0.4 is 10.2 Å². The van der Waals surface area contributed by atoms with E-state index in [1.807, 2.05) is 6.07 Å². The van der Waals surface area contributed by atoms with Gasteiger partial charge in [-0.2, -0.15) is 0 Å². The van der Waals surface area contributed by atoms with E-state index in [2.05, 4.69) is 50.2 Å². The molecule has 1 saturated carbocycles. The van der Waals surface area contributed by atoms with Gasteiger partial charge in [-0.25, -0.2) is 0 Å². The molecule has 1 fully saturated rings. The van der Waals surface area contributed by atoms with E-state index in [0.717, 1.165) is 24.2 Å². The zero-order chi connectivity index (χ0) is 14.0. The van der Waals surface area contributed by atoms with Gasteiger partial charge in [0.05, 0.1) is 0 Å². The first-order chi connectivity index (χ1) is 8.85. The standard InChI is InChI=1S/C16H25ClN2/c1-16(2,3)11-19(4)15-9-13(17)6-5-12(15)10-18-14-7-8-14/h5-6,9,14,18H,7-8,10-11H2,1-4H3. The van der Waals surface area contributed by atoms with Crippen LogP contribution in [0.1, 0.15) is 39.2 Å². The van der Waals surface area contributed by atoms with Gasteiger partial charge < -0.3 is 10.2 Å². The molecule has 2 nitrogen and oxygen atoms in total. The second-order valence-electron chi connectivity index (χ2n) is 6.84. The largest absolute Gasteiger partial charge is 0.374 e. The highest BCUT2D eigenvalue weighted by Gasteiger charge is 2.21. The minimum absolute atomic E-state index is 0.276. The first kappa shape index (κ1) is 14.7. The fourth-order valence-corrected chi connectivity index (χ4v) is 2.55. The number of hydrogen-bond acceptors (Lipinski definition) is 2. The van der Waals surface area contributed by atoms with Gasteiger partial charge >= 0.3 is 0 Å². The summed E-state index contributed by atoms with van der Waals surface area (Å²) < 4.78 is 0. The van der Waals surface area contributed by atoms with Crippen molar-refractivity contribution in [2.75, 3.05) is 18.5 Å². The van der Waals surface area contributed by atoms with Crippen LogP contribution in [-0.4, -0.2) is 19.6 Å². The van der Waals surface area contributed by atoms with E-state index in [-0.39, 0.29) is 5.41 Å². The van der Waals surface area contributed by atoms with Crippen LogP contribution in [0.4, 0.5) is 5.69 Å². The number of nitrogens with one attached hydrogen (secondary N) is 1. The third-order valence-corrected chi connectivity index (χ3v) is 3.56. The molecule has 0 unspecified atom stereocenters. The number of rotatable bonds is 5. The van der Waals surface area contributed by atoms with Crippen LogP contribution in [0.15, 0.2) is 18.2 Å². The minimum atomic E-state index is 0.276. The van der Waals surface area contributed by atoms with E-state index in [0.29, 0.717) is 0 Å². The summed E-state index contributed by atoms with van der Waals surface area (Å²) in [7, 11) is 2.15. The Bertz CT molecular complexity index is 433. The Balaban J connectivity index is 2.12. The van der Waals surface area contributed by atoms with Gasteiger partial charge in [-0.15, -0.1) is 0 Å². The zero-order valence-corrected chi connectivity index (χ0v) is 13.2. The van der Waals surface area contributed by atoms with Crippen LogP contribution in [0.25, 0.3) is 0 Å². The average molecular weight is 281 g/mol. The van der Waals surface area contributed by atoms with Crippen molar-refractivity contribution in [2.24, 2.45) is 5.41 Å². The average Bonchev–Trinajstić information content (AvgIpc) is 3.09. The van der Waals surface area contributed by atoms with E-state index in [1.54, 1.807) is 0 Å². The van der Waals surface area contributed by atoms with Crippen LogP contribution in [-0.2, 0) is 6.54 Å². The lowest BCUT2D eigenvalue weighted by Gasteiger charge is -2.30. The minimum Gasteiger partial charge on any atom is -0.374 e. The zero-order valence-electron chi connectivity index (χ0n) is 12.5. The summed E-state index contributed by atoms with van der Waals surface area (Å²) in [6.07, 6.45) is 2.64. The molecule has 0 spiro atoms. The second-order valence-corrected chi connectivity index (χ2v) is 7.28. The first-order valence-electron chi connectivity index (χ1n) is 7.08. The van der Waals surface area contributed by atoms with Crippen LogP contribution in [0.5, 0.6) is 0 Å². The van der Waals surface area contributed by atoms with Gasteiger partial charge in [-0.3, -0.25) is 0 Å². The SMILES string of the molecule is CN(CC(C)(C)C)c1cc(Cl)ccc1CNC1CC1. The second kappa shape index (κ2) is 5.72. The van der Waals surface area contributed by atoms with E-state index in [1.165, 1.54) is 24.1 Å². The topological polar surface area (TPSA) is 15.3 Å². The summed E-state index contributed by atoms with van der Waals surface area (Å²) in [6, 6.07) is 6.94. The van der Waals surface area contributed by atoms with Crippen LogP contribution in [0.2, 0.25) is 5.02 Å². The Morgan fingerprint density at radius 2 is 2.00 bits per heavy atom. The molecule has 1 aromatic rings. The van der Waals surface area contributed by atoms with E-state index < -0.39 is 0 Å². The molecule has 3 heteroatoms. The maximum atomic E-state index is 6.16. The Morgan fingerprint density at radius 1 is 1.32 bits per heavy atom. The van der Waals surface area contributed by atoms with Gasteiger partial charge in [-0.1, -0.05) is 38.4 Å². The molecule has 0 radical (unpaired) electrons. The molecule has 0 amide bonds. The molecule has 106 valence electrons. The molecular weight excluding hydrogens is 256 g/mol. The Hall–Kier alpha value is -0.730. The fraction of sp³-hybridized carbons (Fsp3) is 0.625. The lowest BCUT2D eigenvalue weighted by atomic mass is 9.95. The summed E-state index contributed by atoms with van der Waals surface area (Å²) in [5, 5.41) is 4.39. The predicted molar refractivity (Wildman–Crippen MR) is 84.0 cm³/mol. The normalized spacial score (nSPS) is 15.6. The van der Waals surface area contributed by atoms with Gasteiger partial charge in [-0.05, 0) is 36.0 Å². The Labute approximate surface area is 122 Å². The molecule has 0 heterocycles. The fourth-order valence-electron chi connectivity index (χ4n) is 2.38. The molecule has 0 atom stereocenters. The summed E-state index contributed by atoms with van der Waals surface area (Å²) in [4.78, 5) is 2.32. The van der Waals surface area contributed by atoms with Crippen molar-refractivity contribution in [3.8, 4) is 0 Å². The van der Waals surface area contributed by atoms with Crippen LogP contribution >= 0.6 is 11.6 Å². The number of nitrogens with zero attached hydrogens (tertiary/aromatic N) is 1. The van der Waals surface area contributed by atoms with Gasteiger partial charge in [0.2, 0.25) is 0 Å². The highest BCUT2D eigenvalue weighted by molar-refractivity contribution is 6.30. The van der Waals surface area contributed by atoms with Gasteiger partial charge in [0.15, 0.2) is 0 Å². The molecule has 0 bridgehead atoms.